The Labute approximate surface area is 98.1 Å². The summed E-state index contributed by atoms with van der Waals surface area (Å²) in [6, 6.07) is 0. The Balaban J connectivity index is 2.74. The number of fused-ring (bicyclic) bond motifs is 1. The van der Waals surface area contributed by atoms with Crippen LogP contribution in [-0.2, 0) is 14.1 Å². The van der Waals surface area contributed by atoms with Crippen molar-refractivity contribution in [3.05, 3.63) is 20.8 Å². The molecule has 7 nitrogen and oxygen atoms in total. The van der Waals surface area contributed by atoms with Crippen molar-refractivity contribution in [2.24, 2.45) is 14.1 Å². The molecule has 94 valence electrons. The highest BCUT2D eigenvalue weighted by molar-refractivity contribution is 5.71. The molecule has 17 heavy (non-hydrogen) atoms. The molecule has 0 bridgehead atoms. The van der Waals surface area contributed by atoms with Gasteiger partial charge in [-0.05, 0) is 0 Å². The molecule has 1 aliphatic rings. The lowest BCUT2D eigenvalue weighted by atomic mass is 10.4. The van der Waals surface area contributed by atoms with Crippen molar-refractivity contribution >= 4 is 11.5 Å². The molecule has 7 heteroatoms. The maximum atomic E-state index is 12.1. The Morgan fingerprint density at radius 2 is 1.82 bits per heavy atom. The Hall–Kier alpha value is -1.76. The molecule has 0 saturated carbocycles. The summed E-state index contributed by atoms with van der Waals surface area (Å²) in [5.74, 6) is 0.603. The zero-order chi connectivity index (χ0) is 12.7. The summed E-state index contributed by atoms with van der Waals surface area (Å²) >= 11 is 0. The molecule has 0 fully saturated rings. The molecule has 0 aromatic carbocycles. The number of anilines is 2. The molecule has 1 aromatic heterocycles. The van der Waals surface area contributed by atoms with Gasteiger partial charge in [0.2, 0.25) is 0 Å². The molecule has 0 unspecified atom stereocenters. The first-order chi connectivity index (χ1) is 7.99. The van der Waals surface area contributed by atoms with E-state index in [0.29, 0.717) is 24.7 Å². The first kappa shape index (κ1) is 11.7. The number of rotatable bonds is 2. The van der Waals surface area contributed by atoms with E-state index in [0.717, 1.165) is 4.57 Å². The fraction of sp³-hybridized carbons (Fsp3) is 0.600. The second kappa shape index (κ2) is 3.92. The van der Waals surface area contributed by atoms with Gasteiger partial charge in [-0.2, -0.15) is 0 Å². The lowest BCUT2D eigenvalue weighted by Crippen LogP contribution is -2.39. The van der Waals surface area contributed by atoms with Gasteiger partial charge in [-0.3, -0.25) is 13.9 Å². The fourth-order valence-electron chi connectivity index (χ4n) is 2.23. The van der Waals surface area contributed by atoms with E-state index in [1.807, 2.05) is 11.9 Å². The zero-order valence-electron chi connectivity index (χ0n) is 10.2. The van der Waals surface area contributed by atoms with Gasteiger partial charge >= 0.3 is 5.69 Å². The average Bonchev–Trinajstić information content (AvgIpc) is 2.61. The SMILES string of the molecule is CN1CN(CCO)c2c1n(C)c(=O)n(C)c2=O. The monoisotopic (exact) mass is 240 g/mol. The van der Waals surface area contributed by atoms with E-state index in [1.165, 1.54) is 11.6 Å². The quantitative estimate of drug-likeness (QED) is 0.666. The van der Waals surface area contributed by atoms with Gasteiger partial charge in [0.25, 0.3) is 5.56 Å². The summed E-state index contributed by atoms with van der Waals surface area (Å²) in [7, 11) is 4.91. The Bertz CT molecular complexity index is 560. The Morgan fingerprint density at radius 1 is 1.18 bits per heavy atom. The van der Waals surface area contributed by atoms with E-state index in [9.17, 15) is 9.59 Å². The molecule has 1 aromatic rings. The topological polar surface area (TPSA) is 70.7 Å². The van der Waals surface area contributed by atoms with Crippen LogP contribution in [0.25, 0.3) is 0 Å². The predicted octanol–water partition coefficient (Wildman–Crippen LogP) is -1.71. The number of aliphatic hydroxyl groups is 1. The smallest absolute Gasteiger partial charge is 0.332 e. The molecule has 0 spiro atoms. The van der Waals surface area contributed by atoms with E-state index in [-0.39, 0.29) is 17.9 Å². The van der Waals surface area contributed by atoms with Crippen molar-refractivity contribution in [2.75, 3.05) is 36.7 Å². The van der Waals surface area contributed by atoms with Crippen LogP contribution < -0.4 is 21.0 Å². The van der Waals surface area contributed by atoms with Crippen LogP contribution in [0.3, 0.4) is 0 Å². The van der Waals surface area contributed by atoms with Crippen molar-refractivity contribution in [1.82, 2.24) is 9.13 Å². The second-order valence-electron chi connectivity index (χ2n) is 4.20. The minimum Gasteiger partial charge on any atom is -0.395 e. The number of hydrogen-bond donors (Lipinski definition) is 1. The van der Waals surface area contributed by atoms with Gasteiger partial charge in [-0.15, -0.1) is 0 Å². The summed E-state index contributed by atoms with van der Waals surface area (Å²) in [6.45, 7) is 0.854. The predicted molar refractivity (Wildman–Crippen MR) is 64.6 cm³/mol. The zero-order valence-corrected chi connectivity index (χ0v) is 10.2. The van der Waals surface area contributed by atoms with E-state index in [4.69, 9.17) is 5.11 Å². The van der Waals surface area contributed by atoms with Crippen LogP contribution in [0.1, 0.15) is 0 Å². The Morgan fingerprint density at radius 3 is 2.41 bits per heavy atom. The van der Waals surface area contributed by atoms with E-state index >= 15 is 0 Å². The molecule has 0 aliphatic carbocycles. The summed E-state index contributed by atoms with van der Waals surface area (Å²) in [5.41, 5.74) is -0.182. The number of hydrogen-bond acceptors (Lipinski definition) is 5. The number of nitrogens with zero attached hydrogens (tertiary/aromatic N) is 4. The lowest BCUT2D eigenvalue weighted by Gasteiger charge is -2.16. The normalized spacial score (nSPS) is 14.4. The van der Waals surface area contributed by atoms with Gasteiger partial charge in [0.05, 0.1) is 13.3 Å². The summed E-state index contributed by atoms with van der Waals surface area (Å²) < 4.78 is 2.54. The molecule has 0 saturated heterocycles. The molecule has 1 aliphatic heterocycles. The third-order valence-corrected chi connectivity index (χ3v) is 3.04. The third-order valence-electron chi connectivity index (χ3n) is 3.04. The maximum absolute atomic E-state index is 12.1. The van der Waals surface area contributed by atoms with Crippen LogP contribution in [0.15, 0.2) is 9.59 Å². The number of aromatic nitrogens is 2. The Kier molecular flexibility index (Phi) is 2.70. The van der Waals surface area contributed by atoms with Gasteiger partial charge < -0.3 is 14.9 Å². The first-order valence-electron chi connectivity index (χ1n) is 5.36. The van der Waals surface area contributed by atoms with E-state index in [1.54, 1.807) is 11.9 Å². The molecule has 0 radical (unpaired) electrons. The standard InChI is InChI=1S/C10H16N4O3/c1-11-6-14(4-5-15)7-8(11)12(2)10(17)13(3)9(7)16/h15H,4-6H2,1-3H3. The average molecular weight is 240 g/mol. The van der Waals surface area contributed by atoms with Crippen molar-refractivity contribution in [2.45, 2.75) is 0 Å². The highest BCUT2D eigenvalue weighted by atomic mass is 16.3. The minimum atomic E-state index is -0.341. The van der Waals surface area contributed by atoms with E-state index in [2.05, 4.69) is 0 Å². The van der Waals surface area contributed by atoms with Gasteiger partial charge in [-0.1, -0.05) is 0 Å². The summed E-state index contributed by atoms with van der Waals surface area (Å²) in [5, 5.41) is 8.99. The van der Waals surface area contributed by atoms with Crippen molar-refractivity contribution in [1.29, 1.82) is 0 Å². The highest BCUT2D eigenvalue weighted by Crippen LogP contribution is 2.29. The highest BCUT2D eigenvalue weighted by Gasteiger charge is 2.30. The maximum Gasteiger partial charge on any atom is 0.332 e. The molecular weight excluding hydrogens is 224 g/mol. The molecule has 2 rings (SSSR count). The summed E-state index contributed by atoms with van der Waals surface area (Å²) in [6.07, 6.45) is 0. The van der Waals surface area contributed by atoms with Crippen molar-refractivity contribution in [3.8, 4) is 0 Å². The van der Waals surface area contributed by atoms with Gasteiger partial charge in [0, 0.05) is 27.7 Å². The second-order valence-corrected chi connectivity index (χ2v) is 4.20. The number of β-amino-alcohol motifs (C(OH)–C–C–N with tert-alkyl or cyclic N) is 1. The molecule has 2 heterocycles. The number of aliphatic hydroxyl groups excluding tert-OH is 1. The van der Waals surface area contributed by atoms with Crippen LogP contribution in [0.4, 0.5) is 11.5 Å². The van der Waals surface area contributed by atoms with Crippen LogP contribution in [-0.4, -0.2) is 41.1 Å². The fourth-order valence-corrected chi connectivity index (χ4v) is 2.23. The largest absolute Gasteiger partial charge is 0.395 e. The lowest BCUT2D eigenvalue weighted by molar-refractivity contribution is 0.302. The van der Waals surface area contributed by atoms with E-state index < -0.39 is 0 Å². The molecule has 0 amide bonds. The minimum absolute atomic E-state index is 0.0285. The van der Waals surface area contributed by atoms with Gasteiger partial charge in [0.1, 0.15) is 11.5 Å². The van der Waals surface area contributed by atoms with Crippen LogP contribution in [0.5, 0.6) is 0 Å². The summed E-state index contributed by atoms with van der Waals surface area (Å²) in [4.78, 5) is 27.5. The van der Waals surface area contributed by atoms with Crippen molar-refractivity contribution in [3.63, 3.8) is 0 Å². The third kappa shape index (κ3) is 1.54. The van der Waals surface area contributed by atoms with Crippen LogP contribution in [0, 0.1) is 0 Å². The van der Waals surface area contributed by atoms with Crippen molar-refractivity contribution < 1.29 is 5.11 Å². The van der Waals surface area contributed by atoms with Crippen LogP contribution in [0.2, 0.25) is 0 Å². The molecule has 0 atom stereocenters. The van der Waals surface area contributed by atoms with Gasteiger partial charge in [0.15, 0.2) is 0 Å². The molecule has 1 N–H and O–H groups in total. The molecular formula is C10H16N4O3. The first-order valence-corrected chi connectivity index (χ1v) is 5.36. The van der Waals surface area contributed by atoms with Crippen LogP contribution >= 0.6 is 0 Å². The van der Waals surface area contributed by atoms with Gasteiger partial charge in [-0.25, -0.2) is 4.79 Å².